The van der Waals surface area contributed by atoms with E-state index in [9.17, 15) is 29.3 Å². The molecule has 0 aromatic heterocycles. The zero-order valence-corrected chi connectivity index (χ0v) is 33.8. The third-order valence-electron chi connectivity index (χ3n) is 10.0. The van der Waals surface area contributed by atoms with Gasteiger partial charge in [-0.3, -0.25) is 9.05 Å². The van der Waals surface area contributed by atoms with Crippen molar-refractivity contribution in [3.8, 4) is 6.07 Å². The second-order valence-electron chi connectivity index (χ2n) is 14.7. The maximum atomic E-state index is 14.1. The number of hydrogen-bond donors (Lipinski definition) is 4. The molecule has 1 aromatic carbocycles. The summed E-state index contributed by atoms with van der Waals surface area (Å²) < 4.78 is 49.8. The van der Waals surface area contributed by atoms with Gasteiger partial charge in [0.2, 0.25) is 0 Å². The Bertz CT molecular complexity index is 1540. The number of nitrogens with zero attached hydrogens (tertiary/aromatic N) is 4. The molecule has 0 saturated carbocycles. The third-order valence-corrected chi connectivity index (χ3v) is 11.0. The van der Waals surface area contributed by atoms with Gasteiger partial charge in [0.1, 0.15) is 41.8 Å². The van der Waals surface area contributed by atoms with Crippen LogP contribution in [0.25, 0.3) is 0 Å². The Morgan fingerprint density at radius 3 is 2.25 bits per heavy atom. The molecule has 0 amide bonds. The number of ether oxygens (including phenoxy) is 2. The average Bonchev–Trinajstić information content (AvgIpc) is 3.39. The summed E-state index contributed by atoms with van der Waals surface area (Å²) in [5.41, 5.74) is 5.48. The van der Waals surface area contributed by atoms with Gasteiger partial charge in [-0.25, -0.2) is 19.0 Å². The molecule has 13 nitrogen and oxygen atoms in total. The highest BCUT2D eigenvalue weighted by atomic mass is 31.2. The fourth-order valence-corrected chi connectivity index (χ4v) is 7.58. The predicted molar refractivity (Wildman–Crippen MR) is 211 cm³/mol. The summed E-state index contributed by atoms with van der Waals surface area (Å²) in [6, 6.07) is 5.86. The number of nitrogens with two attached hydrogens (primary N) is 1. The molecule has 0 aliphatic carbocycles. The van der Waals surface area contributed by atoms with E-state index in [2.05, 4.69) is 23.6 Å². The van der Waals surface area contributed by atoms with E-state index in [-0.39, 0.29) is 30.3 Å². The first-order valence-corrected chi connectivity index (χ1v) is 21.3. The Balaban J connectivity index is 1.48. The molecule has 308 valence electrons. The number of aliphatic imine (C=N–C) groups is 1. The van der Waals surface area contributed by atoms with Gasteiger partial charge in [-0.15, -0.1) is 0 Å². The molecule has 1 unspecified atom stereocenters. The van der Waals surface area contributed by atoms with E-state index >= 15 is 0 Å². The van der Waals surface area contributed by atoms with Crippen molar-refractivity contribution < 1.29 is 42.6 Å². The van der Waals surface area contributed by atoms with Crippen molar-refractivity contribution in [2.24, 2.45) is 15.8 Å². The fourth-order valence-electron chi connectivity index (χ4n) is 6.73. The number of unbranched alkanes of at least 4 members (excludes halogenated alkanes) is 14. The van der Waals surface area contributed by atoms with Crippen LogP contribution in [0.3, 0.4) is 0 Å². The second kappa shape index (κ2) is 23.9. The van der Waals surface area contributed by atoms with Crippen molar-refractivity contribution in [3.05, 3.63) is 59.2 Å². The molecule has 0 spiro atoms. The van der Waals surface area contributed by atoms with E-state index in [1.54, 1.807) is 13.0 Å². The van der Waals surface area contributed by atoms with Crippen molar-refractivity contribution in [3.63, 3.8) is 0 Å². The summed E-state index contributed by atoms with van der Waals surface area (Å²) in [4.78, 5) is 14.6. The molecule has 2 aliphatic heterocycles. The van der Waals surface area contributed by atoms with Crippen LogP contribution in [0, 0.1) is 17.1 Å². The lowest BCUT2D eigenvalue weighted by Crippen LogP contribution is -2.44. The topological polar surface area (TPSA) is 192 Å². The molecular formula is C40H63FN5O8P. The van der Waals surface area contributed by atoms with Gasteiger partial charge in [0.05, 0.1) is 43.3 Å². The quantitative estimate of drug-likeness (QED) is 0.0500. The Kier molecular flexibility index (Phi) is 20.2. The molecule has 1 aromatic rings. The zero-order chi connectivity index (χ0) is 40.3. The van der Waals surface area contributed by atoms with E-state index < -0.39 is 50.3 Å². The van der Waals surface area contributed by atoms with E-state index in [0.29, 0.717) is 17.7 Å². The number of nitriles is 1. The summed E-state index contributed by atoms with van der Waals surface area (Å²) in [5.74, 6) is -0.397. The molecule has 1 saturated heterocycles. The number of phosphoric ester groups is 1. The van der Waals surface area contributed by atoms with Gasteiger partial charge in [-0.1, -0.05) is 116 Å². The first kappa shape index (κ1) is 46.4. The highest BCUT2D eigenvalue weighted by Crippen LogP contribution is 2.46. The van der Waals surface area contributed by atoms with E-state index in [1.165, 1.54) is 101 Å². The molecule has 5 N–H and O–H groups in total. The van der Waals surface area contributed by atoms with E-state index in [4.69, 9.17) is 24.3 Å². The number of aliphatic hydroxyl groups is 2. The SMILES string of the molecule is C=C([C@@H]1O[C@](C)(COP(=O)(O)OC[C@@H](CCCCCCCCCCCCCCCCC)OCc2cc(F)cc(C#N)c2)[C@@H](O)[C@H]1O)N1N=CN=C(N)/C1=C/C. The lowest BCUT2D eigenvalue weighted by atomic mass is 9.97. The number of benzene rings is 1. The number of amidine groups is 1. The summed E-state index contributed by atoms with van der Waals surface area (Å²) >= 11 is 0. The van der Waals surface area contributed by atoms with Gasteiger partial charge in [-0.2, -0.15) is 10.4 Å². The lowest BCUT2D eigenvalue weighted by Gasteiger charge is -2.31. The highest BCUT2D eigenvalue weighted by Gasteiger charge is 2.54. The number of hydrogen-bond acceptors (Lipinski definition) is 12. The molecule has 0 radical (unpaired) electrons. The Morgan fingerprint density at radius 2 is 1.67 bits per heavy atom. The minimum absolute atomic E-state index is 0.0371. The number of aliphatic hydroxyl groups excluding tert-OH is 2. The Morgan fingerprint density at radius 1 is 1.07 bits per heavy atom. The van der Waals surface area contributed by atoms with Crippen LogP contribution in [0.4, 0.5) is 4.39 Å². The Hall–Kier alpha value is -2.99. The van der Waals surface area contributed by atoms with Gasteiger partial charge in [0.15, 0.2) is 5.84 Å². The Labute approximate surface area is 326 Å². The maximum Gasteiger partial charge on any atom is 0.472 e. The molecule has 1 fully saturated rings. The minimum atomic E-state index is -4.72. The van der Waals surface area contributed by atoms with Crippen LogP contribution in [0.15, 0.2) is 52.3 Å². The van der Waals surface area contributed by atoms with Gasteiger partial charge >= 0.3 is 7.82 Å². The summed E-state index contributed by atoms with van der Waals surface area (Å²) in [6.07, 6.45) is 16.8. The van der Waals surface area contributed by atoms with Crippen LogP contribution in [0.5, 0.6) is 0 Å². The van der Waals surface area contributed by atoms with Crippen molar-refractivity contribution in [2.75, 3.05) is 13.2 Å². The molecule has 2 heterocycles. The van der Waals surface area contributed by atoms with Crippen molar-refractivity contribution in [1.29, 1.82) is 5.26 Å². The number of hydrazone groups is 1. The maximum absolute atomic E-state index is 14.1. The summed E-state index contributed by atoms with van der Waals surface area (Å²) in [6.45, 7) is 8.40. The molecular weight excluding hydrogens is 728 g/mol. The smallest absolute Gasteiger partial charge is 0.387 e. The first-order chi connectivity index (χ1) is 26.3. The minimum Gasteiger partial charge on any atom is -0.387 e. The second-order valence-corrected chi connectivity index (χ2v) is 16.1. The van der Waals surface area contributed by atoms with Crippen molar-refractivity contribution in [2.45, 2.75) is 160 Å². The first-order valence-electron chi connectivity index (χ1n) is 19.8. The van der Waals surface area contributed by atoms with Crippen LogP contribution in [0.1, 0.15) is 135 Å². The summed E-state index contributed by atoms with van der Waals surface area (Å²) in [7, 11) is -4.72. The summed E-state index contributed by atoms with van der Waals surface area (Å²) in [5, 5.41) is 36.5. The normalized spacial score (nSPS) is 23.5. The van der Waals surface area contributed by atoms with Crippen molar-refractivity contribution in [1.82, 2.24) is 5.01 Å². The predicted octanol–water partition coefficient (Wildman–Crippen LogP) is 7.89. The van der Waals surface area contributed by atoms with Crippen LogP contribution >= 0.6 is 7.82 Å². The lowest BCUT2D eigenvalue weighted by molar-refractivity contribution is -0.0953. The van der Waals surface area contributed by atoms with Crippen LogP contribution in [-0.4, -0.2) is 75.5 Å². The van der Waals surface area contributed by atoms with Gasteiger partial charge < -0.3 is 30.3 Å². The fraction of sp³-hybridized carbons (Fsp3) is 0.675. The highest BCUT2D eigenvalue weighted by molar-refractivity contribution is 7.47. The van der Waals surface area contributed by atoms with Crippen molar-refractivity contribution >= 4 is 20.0 Å². The van der Waals surface area contributed by atoms with Gasteiger partial charge in [0, 0.05) is 0 Å². The number of phosphoric acid groups is 1. The van der Waals surface area contributed by atoms with Gasteiger partial charge in [-0.05, 0) is 44.0 Å². The molecule has 15 heteroatoms. The largest absolute Gasteiger partial charge is 0.472 e. The van der Waals surface area contributed by atoms with E-state index in [1.807, 2.05) is 6.07 Å². The van der Waals surface area contributed by atoms with Crippen LogP contribution in [0.2, 0.25) is 0 Å². The standard InChI is InChI=1S/C40H63FN5O8P/c1-5-7-8-9-10-11-12-13-14-15-16-17-18-19-20-21-34(51-26-32-22-31(25-42)23-33(41)24-32)27-52-55(49,50)53-28-40(4)38(48)36(47)37(54-40)30(3)46-35(6-2)39(43)44-29-45-46/h6,22-24,29,34,36-38,47-48H,3,5,7-21,26-28H2,1-2,4H3,(H,49,50)(H2,43,44,45)/b35-6-/t34-,36+,37+,38+,40-/m1/s1. The monoisotopic (exact) mass is 791 g/mol. The molecule has 55 heavy (non-hydrogen) atoms. The molecule has 3 rings (SSSR count). The molecule has 6 atom stereocenters. The van der Waals surface area contributed by atoms with E-state index in [0.717, 1.165) is 31.7 Å². The molecule has 0 bridgehead atoms. The third kappa shape index (κ3) is 15.5. The molecule has 2 aliphatic rings. The number of rotatable bonds is 27. The number of halogens is 1. The van der Waals surface area contributed by atoms with Crippen LogP contribution in [-0.2, 0) is 29.7 Å². The van der Waals surface area contributed by atoms with Gasteiger partial charge in [0.25, 0.3) is 0 Å². The zero-order valence-electron chi connectivity index (χ0n) is 32.9. The van der Waals surface area contributed by atoms with Crippen LogP contribution < -0.4 is 5.73 Å². The average molecular weight is 792 g/mol. The number of allylic oxidation sites excluding steroid dienone is 1.